The third-order valence-corrected chi connectivity index (χ3v) is 1.97. The van der Waals surface area contributed by atoms with Crippen molar-refractivity contribution < 1.29 is 0 Å². The molecular formula is C10H19CaN. The molecule has 0 aliphatic carbocycles. The first-order chi connectivity index (χ1) is 5.43. The fourth-order valence-corrected chi connectivity index (χ4v) is 1.26. The Kier molecular flexibility index (Phi) is 8.52. The van der Waals surface area contributed by atoms with Gasteiger partial charge in [0.2, 0.25) is 0 Å². The second kappa shape index (κ2) is 8.15. The SMILES string of the molecule is CCCCCC1=CCNC=C1.[CaH2]. The molecule has 1 nitrogen and oxygen atoms in total. The summed E-state index contributed by atoms with van der Waals surface area (Å²) in [6.45, 7) is 3.25. The van der Waals surface area contributed by atoms with E-state index in [2.05, 4.69) is 24.4 Å². The van der Waals surface area contributed by atoms with E-state index in [1.54, 1.807) is 0 Å². The van der Waals surface area contributed by atoms with Crippen molar-refractivity contribution in [2.45, 2.75) is 32.6 Å². The summed E-state index contributed by atoms with van der Waals surface area (Å²) in [4.78, 5) is 0. The van der Waals surface area contributed by atoms with Crippen LogP contribution in [0.1, 0.15) is 32.6 Å². The molecule has 0 fully saturated rings. The first-order valence-electron chi connectivity index (χ1n) is 4.52. The molecule has 1 aliphatic rings. The Labute approximate surface area is 105 Å². The van der Waals surface area contributed by atoms with Gasteiger partial charge in [0, 0.05) is 6.54 Å². The zero-order valence-corrected chi connectivity index (χ0v) is 7.27. The molecule has 0 saturated carbocycles. The zero-order valence-electron chi connectivity index (χ0n) is 7.27. The topological polar surface area (TPSA) is 12.0 Å². The first kappa shape index (κ1) is 12.5. The molecule has 1 N–H and O–H groups in total. The van der Waals surface area contributed by atoms with E-state index in [-0.39, 0.29) is 37.7 Å². The molecule has 0 saturated heterocycles. The Morgan fingerprint density at radius 3 is 2.83 bits per heavy atom. The van der Waals surface area contributed by atoms with E-state index < -0.39 is 0 Å². The average molecular weight is 193 g/mol. The first-order valence-corrected chi connectivity index (χ1v) is 4.52. The Balaban J connectivity index is 0.00000121. The number of unbranched alkanes of at least 4 members (excludes halogenated alkanes) is 2. The fourth-order valence-electron chi connectivity index (χ4n) is 1.26. The number of dihydropyridines is 1. The van der Waals surface area contributed by atoms with Crippen LogP contribution in [0, 0.1) is 0 Å². The minimum atomic E-state index is 0. The average Bonchev–Trinajstić information content (AvgIpc) is 2.07. The predicted molar refractivity (Wildman–Crippen MR) is 57.9 cm³/mol. The molecule has 0 aromatic carbocycles. The molecule has 1 rings (SSSR count). The summed E-state index contributed by atoms with van der Waals surface area (Å²) in [7, 11) is 0. The monoisotopic (exact) mass is 193 g/mol. The van der Waals surface area contributed by atoms with Crippen LogP contribution in [0.5, 0.6) is 0 Å². The molecule has 1 aliphatic heterocycles. The van der Waals surface area contributed by atoms with Crippen LogP contribution in [0.3, 0.4) is 0 Å². The Morgan fingerprint density at radius 2 is 2.25 bits per heavy atom. The molecule has 12 heavy (non-hydrogen) atoms. The van der Waals surface area contributed by atoms with E-state index in [0.717, 1.165) is 6.54 Å². The van der Waals surface area contributed by atoms with Gasteiger partial charge in [0.05, 0.1) is 0 Å². The molecule has 0 spiro atoms. The number of nitrogens with one attached hydrogen (secondary N) is 1. The van der Waals surface area contributed by atoms with Crippen LogP contribution in [0.4, 0.5) is 0 Å². The molecular weight excluding hydrogens is 174 g/mol. The van der Waals surface area contributed by atoms with E-state index in [9.17, 15) is 0 Å². The van der Waals surface area contributed by atoms with Gasteiger partial charge in [0.15, 0.2) is 0 Å². The second-order valence-electron chi connectivity index (χ2n) is 2.98. The van der Waals surface area contributed by atoms with Crippen molar-refractivity contribution >= 4 is 37.7 Å². The van der Waals surface area contributed by atoms with Gasteiger partial charge in [0.25, 0.3) is 0 Å². The van der Waals surface area contributed by atoms with Gasteiger partial charge in [-0.1, -0.05) is 25.8 Å². The summed E-state index contributed by atoms with van der Waals surface area (Å²) in [6, 6.07) is 0. The second-order valence-corrected chi connectivity index (χ2v) is 2.98. The molecule has 0 radical (unpaired) electrons. The predicted octanol–water partition coefficient (Wildman–Crippen LogP) is 1.69. The Bertz CT molecular complexity index is 161. The summed E-state index contributed by atoms with van der Waals surface area (Å²) >= 11 is 0. The van der Waals surface area contributed by atoms with Crippen LogP contribution in [0.15, 0.2) is 23.9 Å². The zero-order chi connectivity index (χ0) is 7.94. The van der Waals surface area contributed by atoms with Gasteiger partial charge in [-0.15, -0.1) is 0 Å². The molecule has 0 unspecified atom stereocenters. The van der Waals surface area contributed by atoms with Gasteiger partial charge < -0.3 is 5.32 Å². The van der Waals surface area contributed by atoms with E-state index in [1.807, 2.05) is 6.20 Å². The molecule has 0 aromatic rings. The fraction of sp³-hybridized carbons (Fsp3) is 0.600. The van der Waals surface area contributed by atoms with E-state index in [1.165, 1.54) is 31.3 Å². The summed E-state index contributed by atoms with van der Waals surface area (Å²) in [5.74, 6) is 0. The van der Waals surface area contributed by atoms with Crippen molar-refractivity contribution in [2.75, 3.05) is 6.54 Å². The van der Waals surface area contributed by atoms with E-state index in [4.69, 9.17) is 0 Å². The van der Waals surface area contributed by atoms with Gasteiger partial charge in [-0.2, -0.15) is 0 Å². The van der Waals surface area contributed by atoms with Crippen LogP contribution >= 0.6 is 0 Å². The van der Waals surface area contributed by atoms with Crippen molar-refractivity contribution in [3.63, 3.8) is 0 Å². The van der Waals surface area contributed by atoms with Crippen molar-refractivity contribution in [1.29, 1.82) is 0 Å². The normalized spacial score (nSPS) is 14.6. The third kappa shape index (κ3) is 5.23. The van der Waals surface area contributed by atoms with Gasteiger partial charge in [-0.3, -0.25) is 0 Å². The molecule has 1 heterocycles. The number of rotatable bonds is 4. The van der Waals surface area contributed by atoms with Gasteiger partial charge in [0.1, 0.15) is 0 Å². The molecule has 0 bridgehead atoms. The number of hydrogen-bond acceptors (Lipinski definition) is 1. The minimum absolute atomic E-state index is 0. The van der Waals surface area contributed by atoms with Crippen LogP contribution < -0.4 is 5.32 Å². The van der Waals surface area contributed by atoms with Crippen molar-refractivity contribution in [3.8, 4) is 0 Å². The molecule has 0 amide bonds. The number of allylic oxidation sites excluding steroid dienone is 2. The van der Waals surface area contributed by atoms with Crippen LogP contribution in [0.25, 0.3) is 0 Å². The van der Waals surface area contributed by atoms with Crippen LogP contribution in [0.2, 0.25) is 0 Å². The van der Waals surface area contributed by atoms with Gasteiger partial charge >= 0.3 is 37.7 Å². The maximum atomic E-state index is 3.15. The number of hydrogen-bond donors (Lipinski definition) is 1. The summed E-state index contributed by atoms with van der Waals surface area (Å²) in [5, 5.41) is 3.15. The summed E-state index contributed by atoms with van der Waals surface area (Å²) < 4.78 is 0. The van der Waals surface area contributed by atoms with Crippen molar-refractivity contribution in [3.05, 3.63) is 23.9 Å². The molecule has 0 aromatic heterocycles. The maximum absolute atomic E-state index is 3.15. The molecule has 66 valence electrons. The van der Waals surface area contributed by atoms with Gasteiger partial charge in [-0.25, -0.2) is 0 Å². The molecule has 2 heteroatoms. The summed E-state index contributed by atoms with van der Waals surface area (Å²) in [5.41, 5.74) is 1.50. The third-order valence-electron chi connectivity index (χ3n) is 1.97. The van der Waals surface area contributed by atoms with Crippen LogP contribution in [-0.4, -0.2) is 44.3 Å². The Morgan fingerprint density at radius 1 is 1.42 bits per heavy atom. The van der Waals surface area contributed by atoms with Crippen LogP contribution in [-0.2, 0) is 0 Å². The quantitative estimate of drug-likeness (QED) is 0.529. The Hall–Kier alpha value is 0.540. The van der Waals surface area contributed by atoms with E-state index in [0.29, 0.717) is 0 Å². The summed E-state index contributed by atoms with van der Waals surface area (Å²) in [6.07, 6.45) is 11.8. The molecule has 0 atom stereocenters. The van der Waals surface area contributed by atoms with Gasteiger partial charge in [-0.05, 0) is 30.7 Å². The standard InChI is InChI=1S/C10H17N.Ca.2H/c1-2-3-4-5-10-6-8-11-9-7-10;;;/h6-8,11H,2-5,9H2,1H3;;;. The van der Waals surface area contributed by atoms with E-state index >= 15 is 0 Å². The van der Waals surface area contributed by atoms with Crippen molar-refractivity contribution in [1.82, 2.24) is 5.32 Å². The van der Waals surface area contributed by atoms with Crippen molar-refractivity contribution in [2.24, 2.45) is 0 Å².